The molecule has 2 heterocycles. The second-order valence-electron chi connectivity index (χ2n) is 4.45. The molecule has 0 saturated heterocycles. The number of nitrogens with one attached hydrogen (secondary N) is 1. The van der Waals surface area contributed by atoms with E-state index in [4.69, 9.17) is 5.84 Å². The molecule has 2 aromatic rings. The monoisotopic (exact) mass is 314 g/mol. The summed E-state index contributed by atoms with van der Waals surface area (Å²) >= 11 is 1.06. The molecule has 3 N–H and O–H groups in total. The highest BCUT2D eigenvalue weighted by Gasteiger charge is 2.31. The number of nitrogen functional groups attached to an aromatic ring is 1. The Labute approximate surface area is 124 Å². The van der Waals surface area contributed by atoms with Crippen LogP contribution in [0.3, 0.4) is 0 Å². The van der Waals surface area contributed by atoms with Gasteiger partial charge < -0.3 is 5.43 Å². The fourth-order valence-electron chi connectivity index (χ4n) is 1.76. The van der Waals surface area contributed by atoms with E-state index in [2.05, 4.69) is 15.4 Å². The van der Waals surface area contributed by atoms with Gasteiger partial charge in [-0.2, -0.15) is 13.2 Å². The molecule has 8 heteroatoms. The predicted octanol–water partition coefficient (Wildman–Crippen LogP) is 3.55. The Morgan fingerprint density at radius 1 is 1.05 bits per heavy atom. The first-order valence-corrected chi connectivity index (χ1v) is 6.78. The fourth-order valence-corrected chi connectivity index (χ4v) is 2.74. The number of hydrazine groups is 1. The van der Waals surface area contributed by atoms with E-state index >= 15 is 0 Å². The smallest absolute Gasteiger partial charge is 0.308 e. The maximum atomic E-state index is 12.8. The minimum atomic E-state index is -4.46. The van der Waals surface area contributed by atoms with Crippen molar-refractivity contribution in [2.75, 3.05) is 5.43 Å². The molecule has 0 aliphatic heterocycles. The van der Waals surface area contributed by atoms with E-state index in [1.807, 2.05) is 19.9 Å². The first-order valence-electron chi connectivity index (χ1n) is 5.97. The number of anilines is 1. The number of nitrogens with zero attached hydrogens (tertiary/aromatic N) is 2. The number of pyridine rings is 2. The zero-order valence-electron chi connectivity index (χ0n) is 11.3. The van der Waals surface area contributed by atoms with E-state index in [-0.39, 0.29) is 10.8 Å². The van der Waals surface area contributed by atoms with Gasteiger partial charge in [-0.1, -0.05) is 0 Å². The highest BCUT2D eigenvalue weighted by molar-refractivity contribution is 7.99. The summed E-state index contributed by atoms with van der Waals surface area (Å²) in [5.41, 5.74) is 3.11. The third-order valence-corrected chi connectivity index (χ3v) is 3.40. The molecule has 0 aliphatic rings. The lowest BCUT2D eigenvalue weighted by Crippen LogP contribution is -2.12. The average molecular weight is 314 g/mol. The minimum Gasteiger partial charge on any atom is -0.308 e. The lowest BCUT2D eigenvalue weighted by atomic mass is 10.2. The molecule has 0 spiro atoms. The van der Waals surface area contributed by atoms with Gasteiger partial charge >= 0.3 is 6.18 Å². The van der Waals surface area contributed by atoms with Crippen molar-refractivity contribution < 1.29 is 13.2 Å². The quantitative estimate of drug-likeness (QED) is 0.670. The molecule has 0 aromatic carbocycles. The van der Waals surface area contributed by atoms with Crippen molar-refractivity contribution in [3.63, 3.8) is 0 Å². The maximum Gasteiger partial charge on any atom is 0.416 e. The Morgan fingerprint density at radius 3 is 2.29 bits per heavy atom. The zero-order valence-corrected chi connectivity index (χ0v) is 12.1. The van der Waals surface area contributed by atoms with Gasteiger partial charge in [-0.15, -0.1) is 0 Å². The van der Waals surface area contributed by atoms with E-state index < -0.39 is 11.7 Å². The molecule has 0 fully saturated rings. The van der Waals surface area contributed by atoms with Crippen LogP contribution in [0.2, 0.25) is 0 Å². The highest BCUT2D eigenvalue weighted by Crippen LogP contribution is 2.34. The third-order valence-electron chi connectivity index (χ3n) is 2.56. The Kier molecular flexibility index (Phi) is 4.38. The molecule has 0 amide bonds. The van der Waals surface area contributed by atoms with Crippen molar-refractivity contribution in [1.29, 1.82) is 0 Å². The van der Waals surface area contributed by atoms with E-state index in [0.29, 0.717) is 5.03 Å². The van der Waals surface area contributed by atoms with Gasteiger partial charge in [0.05, 0.1) is 5.56 Å². The molecule has 0 unspecified atom stereocenters. The second-order valence-corrected chi connectivity index (χ2v) is 5.49. The molecule has 112 valence electrons. The molecule has 0 saturated carbocycles. The first kappa shape index (κ1) is 15.6. The van der Waals surface area contributed by atoms with Gasteiger partial charge in [-0.3, -0.25) is 0 Å². The van der Waals surface area contributed by atoms with Gasteiger partial charge in [-0.05, 0) is 55.4 Å². The summed E-state index contributed by atoms with van der Waals surface area (Å²) in [6.07, 6.45) is -4.46. The Bertz CT molecular complexity index is 638. The van der Waals surface area contributed by atoms with E-state index in [1.165, 1.54) is 0 Å². The molecule has 0 bridgehead atoms. The van der Waals surface area contributed by atoms with Crippen molar-refractivity contribution in [1.82, 2.24) is 9.97 Å². The highest BCUT2D eigenvalue weighted by atomic mass is 32.2. The summed E-state index contributed by atoms with van der Waals surface area (Å²) in [5.74, 6) is 5.12. The number of halogens is 3. The average Bonchev–Trinajstić information content (AvgIpc) is 2.36. The van der Waals surface area contributed by atoms with Crippen LogP contribution in [0.25, 0.3) is 0 Å². The molecule has 2 aromatic heterocycles. The first-order chi connectivity index (χ1) is 9.77. The number of hydrogen-bond acceptors (Lipinski definition) is 5. The molecule has 0 aliphatic carbocycles. The second kappa shape index (κ2) is 5.90. The van der Waals surface area contributed by atoms with Crippen molar-refractivity contribution >= 4 is 17.6 Å². The molecular formula is C13H13F3N4S. The van der Waals surface area contributed by atoms with Gasteiger partial charge in [0.2, 0.25) is 0 Å². The van der Waals surface area contributed by atoms with Gasteiger partial charge in [0, 0.05) is 5.69 Å². The molecule has 0 atom stereocenters. The summed E-state index contributed by atoms with van der Waals surface area (Å²) < 4.78 is 38.5. The SMILES string of the molecule is Cc1cc(C)nc(Sc2cc(C(F)(F)F)cc(NN)n2)c1. The van der Waals surface area contributed by atoms with Crippen LogP contribution in [-0.4, -0.2) is 9.97 Å². The third kappa shape index (κ3) is 4.08. The Hall–Kier alpha value is -1.80. The summed E-state index contributed by atoms with van der Waals surface area (Å²) in [6, 6.07) is 5.51. The van der Waals surface area contributed by atoms with E-state index in [1.54, 1.807) is 6.07 Å². The fraction of sp³-hybridized carbons (Fsp3) is 0.231. The molecule has 0 radical (unpaired) electrons. The van der Waals surface area contributed by atoms with Crippen molar-refractivity contribution in [2.24, 2.45) is 5.84 Å². The van der Waals surface area contributed by atoms with E-state index in [0.717, 1.165) is 35.2 Å². The Balaban J connectivity index is 2.39. The zero-order chi connectivity index (χ0) is 15.6. The minimum absolute atomic E-state index is 0.0447. The number of nitrogens with two attached hydrogens (primary N) is 1. The summed E-state index contributed by atoms with van der Waals surface area (Å²) in [7, 11) is 0. The molecule has 4 nitrogen and oxygen atoms in total. The Morgan fingerprint density at radius 2 is 1.71 bits per heavy atom. The van der Waals surface area contributed by atoms with Gasteiger partial charge in [0.25, 0.3) is 0 Å². The van der Waals surface area contributed by atoms with Crippen LogP contribution in [0.5, 0.6) is 0 Å². The number of aryl methyl sites for hydroxylation is 2. The number of alkyl halides is 3. The lowest BCUT2D eigenvalue weighted by molar-refractivity contribution is -0.137. The van der Waals surface area contributed by atoms with Gasteiger partial charge in [0.15, 0.2) is 0 Å². The normalized spacial score (nSPS) is 11.5. The van der Waals surface area contributed by atoms with Crippen molar-refractivity contribution in [3.05, 3.63) is 41.1 Å². The van der Waals surface area contributed by atoms with Crippen LogP contribution in [-0.2, 0) is 6.18 Å². The standard InChI is InChI=1S/C13H13F3N4S/c1-7-3-8(2)18-11(4-7)21-12-6-9(13(14,15)16)5-10(19-12)20-17/h3-6H,17H2,1-2H3,(H,19,20). The summed E-state index contributed by atoms with van der Waals surface area (Å²) in [6.45, 7) is 3.72. The van der Waals surface area contributed by atoms with Crippen LogP contribution >= 0.6 is 11.8 Å². The van der Waals surface area contributed by atoms with Gasteiger partial charge in [-0.25, -0.2) is 15.8 Å². The molecule has 2 rings (SSSR count). The van der Waals surface area contributed by atoms with Crippen LogP contribution in [0.4, 0.5) is 19.0 Å². The van der Waals surface area contributed by atoms with Crippen molar-refractivity contribution in [3.8, 4) is 0 Å². The molecule has 21 heavy (non-hydrogen) atoms. The van der Waals surface area contributed by atoms with Crippen molar-refractivity contribution in [2.45, 2.75) is 30.1 Å². The molecular weight excluding hydrogens is 301 g/mol. The topological polar surface area (TPSA) is 63.8 Å². The predicted molar refractivity (Wildman–Crippen MR) is 74.9 cm³/mol. The summed E-state index contributed by atoms with van der Waals surface area (Å²) in [4.78, 5) is 8.27. The van der Waals surface area contributed by atoms with Crippen LogP contribution < -0.4 is 11.3 Å². The van der Waals surface area contributed by atoms with Gasteiger partial charge in [0.1, 0.15) is 15.9 Å². The lowest BCUT2D eigenvalue weighted by Gasteiger charge is -2.11. The van der Waals surface area contributed by atoms with Crippen LogP contribution in [0.1, 0.15) is 16.8 Å². The van der Waals surface area contributed by atoms with Crippen LogP contribution in [0, 0.1) is 13.8 Å². The summed E-state index contributed by atoms with van der Waals surface area (Å²) in [5, 5.41) is 0.762. The van der Waals surface area contributed by atoms with Crippen LogP contribution in [0.15, 0.2) is 34.3 Å². The largest absolute Gasteiger partial charge is 0.416 e. The van der Waals surface area contributed by atoms with E-state index in [9.17, 15) is 13.2 Å². The number of hydrogen-bond donors (Lipinski definition) is 2. The maximum absolute atomic E-state index is 12.8. The number of rotatable bonds is 3. The number of aromatic nitrogens is 2.